The van der Waals surface area contributed by atoms with Crippen LogP contribution in [0.2, 0.25) is 0 Å². The third kappa shape index (κ3) is 8.17. The molecule has 0 radical (unpaired) electrons. The second kappa shape index (κ2) is 14.5. The molecular weight excluding hydrogens is 623 g/mol. The highest BCUT2D eigenvalue weighted by Crippen LogP contribution is 2.35. The summed E-state index contributed by atoms with van der Waals surface area (Å²) in [6.45, 7) is 4.41. The first-order chi connectivity index (χ1) is 22.8. The fourth-order valence-electron chi connectivity index (χ4n) is 5.00. The molecule has 0 amide bonds. The van der Waals surface area contributed by atoms with Crippen molar-refractivity contribution in [2.75, 3.05) is 0 Å². The molecule has 6 heteroatoms. The maximum Gasteiger partial charge on any atom is 0.136 e. The molecule has 0 atom stereocenters. The van der Waals surface area contributed by atoms with Crippen LogP contribution in [-0.2, 0) is 5.41 Å². The van der Waals surface area contributed by atoms with Crippen molar-refractivity contribution in [2.45, 2.75) is 19.3 Å². The lowest BCUT2D eigenvalue weighted by atomic mass is 9.78. The summed E-state index contributed by atoms with van der Waals surface area (Å²) in [5.74, 6) is 2.96. The Balaban J connectivity index is 1.06. The molecule has 6 aromatic carbocycles. The summed E-state index contributed by atoms with van der Waals surface area (Å²) < 4.78 is 12.2. The van der Waals surface area contributed by atoms with Gasteiger partial charge in [0.2, 0.25) is 0 Å². The second-order valence-electron chi connectivity index (χ2n) is 11.4. The highest BCUT2D eigenvalue weighted by Gasteiger charge is 2.23. The highest BCUT2D eigenvalue weighted by atomic mass is 35.5. The topological polar surface area (TPSA) is 43.2 Å². The van der Waals surface area contributed by atoms with E-state index in [1.165, 1.54) is 11.1 Å². The predicted molar refractivity (Wildman–Crippen MR) is 195 cm³/mol. The Morgan fingerprint density at radius 1 is 0.426 bits per heavy atom. The molecule has 0 aliphatic carbocycles. The van der Waals surface area contributed by atoms with Gasteiger partial charge in [-0.2, -0.15) is 0 Å². The van der Waals surface area contributed by atoms with Gasteiger partial charge < -0.3 is 9.47 Å². The minimum absolute atomic E-state index is 0.230. The fraction of sp³-hybridized carbons (Fsp3) is 0.0732. The number of nitrogens with zero attached hydrogens (tertiary/aromatic N) is 2. The quantitative estimate of drug-likeness (QED) is 0.138. The molecule has 0 bridgehead atoms. The Morgan fingerprint density at radius 2 is 0.723 bits per heavy atom. The number of aliphatic imine (C=N–C) groups is 2. The Morgan fingerprint density at radius 3 is 1.04 bits per heavy atom. The van der Waals surface area contributed by atoms with Crippen LogP contribution in [0.25, 0.3) is 0 Å². The molecule has 6 rings (SSSR count). The van der Waals surface area contributed by atoms with E-state index < -0.39 is 0 Å². The third-order valence-corrected chi connectivity index (χ3v) is 8.38. The van der Waals surface area contributed by atoms with E-state index in [4.69, 9.17) is 32.7 Å². The molecule has 232 valence electrons. The Hall–Kier alpha value is -5.16. The summed E-state index contributed by atoms with van der Waals surface area (Å²) in [5, 5.41) is 0.891. The van der Waals surface area contributed by atoms with Gasteiger partial charge in [-0.25, -0.2) is 9.98 Å². The van der Waals surface area contributed by atoms with Crippen molar-refractivity contribution >= 4 is 44.9 Å². The molecule has 0 unspecified atom stereocenters. The van der Waals surface area contributed by atoms with Crippen LogP contribution in [0.15, 0.2) is 168 Å². The van der Waals surface area contributed by atoms with Gasteiger partial charge in [-0.1, -0.05) is 122 Å². The van der Waals surface area contributed by atoms with Crippen molar-refractivity contribution in [3.8, 4) is 23.0 Å². The number of halogens is 2. The molecule has 0 aliphatic heterocycles. The van der Waals surface area contributed by atoms with Crippen molar-refractivity contribution in [1.29, 1.82) is 0 Å². The molecule has 0 fully saturated rings. The van der Waals surface area contributed by atoms with Crippen molar-refractivity contribution < 1.29 is 9.47 Å². The van der Waals surface area contributed by atoms with E-state index in [9.17, 15) is 0 Å². The number of hydrogen-bond donors (Lipinski definition) is 0. The lowest BCUT2D eigenvalue weighted by Crippen LogP contribution is -2.18. The lowest BCUT2D eigenvalue weighted by Gasteiger charge is -2.26. The van der Waals surface area contributed by atoms with Gasteiger partial charge in [0.05, 0.1) is 11.4 Å². The summed E-state index contributed by atoms with van der Waals surface area (Å²) >= 11 is 12.8. The Labute approximate surface area is 285 Å². The number of hydrogen-bond acceptors (Lipinski definition) is 4. The standard InChI is InChI=1S/C41H32Cl2N2O2/c1-41(2,31-13-21-35(22-14-31)46-37-25-17-33(18-26-37)44-39(42)29-9-5-3-6-10-29)32-15-23-36(24-16-32)47-38-27-19-34(20-28-38)45-40(43)30-11-7-4-8-12-30/h3-28H,1-2H3. The van der Waals surface area contributed by atoms with Crippen LogP contribution in [0.3, 0.4) is 0 Å². The zero-order valence-corrected chi connectivity index (χ0v) is 27.5. The number of benzene rings is 6. The zero-order valence-electron chi connectivity index (χ0n) is 26.0. The predicted octanol–water partition coefficient (Wildman–Crippen LogP) is 12.2. The molecule has 0 N–H and O–H groups in total. The van der Waals surface area contributed by atoms with Gasteiger partial charge in [-0.3, -0.25) is 0 Å². The van der Waals surface area contributed by atoms with Crippen LogP contribution in [0.5, 0.6) is 23.0 Å². The molecule has 0 saturated heterocycles. The molecule has 47 heavy (non-hydrogen) atoms. The molecular formula is C41H32Cl2N2O2. The normalized spacial score (nSPS) is 12.1. The second-order valence-corrected chi connectivity index (χ2v) is 12.1. The van der Waals surface area contributed by atoms with Crippen molar-refractivity contribution in [3.63, 3.8) is 0 Å². The summed E-state index contributed by atoms with van der Waals surface area (Å²) in [6, 6.07) is 50.9. The maximum absolute atomic E-state index is 6.38. The van der Waals surface area contributed by atoms with E-state index in [0.29, 0.717) is 10.3 Å². The van der Waals surface area contributed by atoms with Crippen LogP contribution >= 0.6 is 23.2 Å². The van der Waals surface area contributed by atoms with Crippen LogP contribution in [0, 0.1) is 0 Å². The molecule has 0 aromatic heterocycles. The smallest absolute Gasteiger partial charge is 0.136 e. The molecule has 0 heterocycles. The highest BCUT2D eigenvalue weighted by molar-refractivity contribution is 6.70. The van der Waals surface area contributed by atoms with E-state index in [-0.39, 0.29) is 5.41 Å². The summed E-state index contributed by atoms with van der Waals surface area (Å²) in [5.41, 5.74) is 5.37. The number of ether oxygens (including phenoxy) is 2. The molecule has 0 aliphatic rings. The monoisotopic (exact) mass is 654 g/mol. The SMILES string of the molecule is CC(C)(c1ccc(Oc2ccc(N=C(Cl)c3ccccc3)cc2)cc1)c1ccc(Oc2ccc(N=C(Cl)c3ccccc3)cc2)cc1. The van der Waals surface area contributed by atoms with Gasteiger partial charge in [-0.05, 0) is 83.9 Å². The molecule has 4 nitrogen and oxygen atoms in total. The first-order valence-electron chi connectivity index (χ1n) is 15.2. The largest absolute Gasteiger partial charge is 0.457 e. The first kappa shape index (κ1) is 31.8. The van der Waals surface area contributed by atoms with Gasteiger partial charge in [0.1, 0.15) is 33.3 Å². The van der Waals surface area contributed by atoms with Gasteiger partial charge in [0, 0.05) is 16.5 Å². The Bertz CT molecular complexity index is 1820. The zero-order chi connectivity index (χ0) is 32.6. The third-order valence-electron chi connectivity index (χ3n) is 7.78. The lowest BCUT2D eigenvalue weighted by molar-refractivity contribution is 0.481. The summed E-state index contributed by atoms with van der Waals surface area (Å²) in [7, 11) is 0. The van der Waals surface area contributed by atoms with Crippen LogP contribution < -0.4 is 9.47 Å². The van der Waals surface area contributed by atoms with Gasteiger partial charge in [-0.15, -0.1) is 0 Å². The average Bonchev–Trinajstić information content (AvgIpc) is 3.11. The fourth-order valence-corrected chi connectivity index (χ4v) is 5.45. The van der Waals surface area contributed by atoms with Crippen LogP contribution in [0.1, 0.15) is 36.1 Å². The van der Waals surface area contributed by atoms with Gasteiger partial charge in [0.15, 0.2) is 0 Å². The minimum Gasteiger partial charge on any atom is -0.457 e. The van der Waals surface area contributed by atoms with Crippen LogP contribution in [0.4, 0.5) is 11.4 Å². The van der Waals surface area contributed by atoms with E-state index in [0.717, 1.165) is 45.5 Å². The van der Waals surface area contributed by atoms with Crippen molar-refractivity contribution in [2.24, 2.45) is 9.98 Å². The number of rotatable bonds is 10. The Kier molecular flexibility index (Phi) is 9.82. The summed E-state index contributed by atoms with van der Waals surface area (Å²) in [6.07, 6.45) is 0. The van der Waals surface area contributed by atoms with E-state index >= 15 is 0 Å². The average molecular weight is 656 g/mol. The maximum atomic E-state index is 6.38. The van der Waals surface area contributed by atoms with Crippen LogP contribution in [-0.4, -0.2) is 10.3 Å². The van der Waals surface area contributed by atoms with Crippen molar-refractivity contribution in [1.82, 2.24) is 0 Å². The minimum atomic E-state index is -0.230. The summed E-state index contributed by atoms with van der Waals surface area (Å²) in [4.78, 5) is 9.00. The van der Waals surface area contributed by atoms with E-state index in [1.54, 1.807) is 0 Å². The molecule has 0 saturated carbocycles. The van der Waals surface area contributed by atoms with Gasteiger partial charge >= 0.3 is 0 Å². The van der Waals surface area contributed by atoms with Crippen molar-refractivity contribution in [3.05, 3.63) is 180 Å². The molecule has 0 spiro atoms. The van der Waals surface area contributed by atoms with E-state index in [2.05, 4.69) is 48.1 Å². The van der Waals surface area contributed by atoms with Gasteiger partial charge in [0.25, 0.3) is 0 Å². The van der Waals surface area contributed by atoms with E-state index in [1.807, 2.05) is 133 Å². The first-order valence-corrected chi connectivity index (χ1v) is 16.0. The molecule has 6 aromatic rings.